The number of nitrogens with zero attached hydrogens (tertiary/aromatic N) is 1. The highest BCUT2D eigenvalue weighted by atomic mass is 79.9. The summed E-state index contributed by atoms with van der Waals surface area (Å²) in [6.45, 7) is 0. The number of halogens is 1. The standard InChI is InChI=1S/C13H11BrN2S2/c1-15-12(13-9(14)2-4-18-13)8-6-11-10(16-7-8)3-5-17-11/h2-7,12,15H,1H3. The summed E-state index contributed by atoms with van der Waals surface area (Å²) < 4.78 is 2.39. The van der Waals surface area contributed by atoms with Gasteiger partial charge in [0.25, 0.3) is 0 Å². The lowest BCUT2D eigenvalue weighted by Gasteiger charge is -2.15. The monoisotopic (exact) mass is 338 g/mol. The first-order valence-electron chi connectivity index (χ1n) is 5.53. The zero-order chi connectivity index (χ0) is 12.5. The van der Waals surface area contributed by atoms with Gasteiger partial charge in [0, 0.05) is 15.5 Å². The van der Waals surface area contributed by atoms with E-state index >= 15 is 0 Å². The van der Waals surface area contributed by atoms with Crippen LogP contribution in [0.2, 0.25) is 0 Å². The van der Waals surface area contributed by atoms with E-state index in [0.717, 1.165) is 9.99 Å². The number of hydrogen-bond acceptors (Lipinski definition) is 4. The minimum atomic E-state index is 0.193. The summed E-state index contributed by atoms with van der Waals surface area (Å²) in [5, 5.41) is 7.54. The Morgan fingerprint density at radius 1 is 1.28 bits per heavy atom. The first-order valence-corrected chi connectivity index (χ1v) is 8.08. The lowest BCUT2D eigenvalue weighted by Crippen LogP contribution is -2.17. The fraction of sp³-hybridized carbons (Fsp3) is 0.154. The van der Waals surface area contributed by atoms with Crippen molar-refractivity contribution in [3.8, 4) is 0 Å². The molecule has 0 spiro atoms. The smallest absolute Gasteiger partial charge is 0.0809 e. The highest BCUT2D eigenvalue weighted by Gasteiger charge is 2.17. The van der Waals surface area contributed by atoms with E-state index in [-0.39, 0.29) is 6.04 Å². The van der Waals surface area contributed by atoms with Gasteiger partial charge in [0.1, 0.15) is 0 Å². The molecule has 1 N–H and O–H groups in total. The van der Waals surface area contributed by atoms with Crippen molar-refractivity contribution < 1.29 is 0 Å². The van der Waals surface area contributed by atoms with E-state index in [1.165, 1.54) is 15.1 Å². The third-order valence-electron chi connectivity index (χ3n) is 2.85. The van der Waals surface area contributed by atoms with Crippen LogP contribution in [0.3, 0.4) is 0 Å². The molecule has 1 unspecified atom stereocenters. The lowest BCUT2D eigenvalue weighted by atomic mass is 10.1. The van der Waals surface area contributed by atoms with Crippen LogP contribution in [-0.4, -0.2) is 12.0 Å². The van der Waals surface area contributed by atoms with Gasteiger partial charge in [-0.25, -0.2) is 0 Å². The van der Waals surface area contributed by atoms with Crippen molar-refractivity contribution in [3.63, 3.8) is 0 Å². The Bertz CT molecular complexity index is 674. The second kappa shape index (κ2) is 5.09. The van der Waals surface area contributed by atoms with Gasteiger partial charge in [-0.05, 0) is 57.5 Å². The quantitative estimate of drug-likeness (QED) is 0.764. The highest BCUT2D eigenvalue weighted by Crippen LogP contribution is 2.34. The summed E-state index contributed by atoms with van der Waals surface area (Å²) in [6.07, 6.45) is 1.96. The molecule has 3 aromatic heterocycles. The van der Waals surface area contributed by atoms with Crippen LogP contribution in [0.25, 0.3) is 10.2 Å². The predicted molar refractivity (Wildman–Crippen MR) is 82.5 cm³/mol. The molecular weight excluding hydrogens is 328 g/mol. The van der Waals surface area contributed by atoms with E-state index in [9.17, 15) is 0 Å². The summed E-state index contributed by atoms with van der Waals surface area (Å²) in [6, 6.07) is 6.56. The van der Waals surface area contributed by atoms with Crippen LogP contribution in [0, 0.1) is 0 Å². The third-order valence-corrected chi connectivity index (χ3v) is 5.64. The second-order valence-electron chi connectivity index (χ2n) is 3.93. The van der Waals surface area contributed by atoms with Crippen molar-refractivity contribution in [2.45, 2.75) is 6.04 Å². The van der Waals surface area contributed by atoms with Gasteiger partial charge in [-0.2, -0.15) is 0 Å². The largest absolute Gasteiger partial charge is 0.309 e. The first kappa shape index (κ1) is 12.3. The molecule has 5 heteroatoms. The summed E-state index contributed by atoms with van der Waals surface area (Å²) in [7, 11) is 1.98. The van der Waals surface area contributed by atoms with Crippen LogP contribution >= 0.6 is 38.6 Å². The zero-order valence-electron chi connectivity index (χ0n) is 9.68. The van der Waals surface area contributed by atoms with E-state index in [1.807, 2.05) is 13.2 Å². The zero-order valence-corrected chi connectivity index (χ0v) is 12.9. The molecule has 1 atom stereocenters. The van der Waals surface area contributed by atoms with Gasteiger partial charge in [0.05, 0.1) is 16.3 Å². The Hall–Kier alpha value is -0.750. The average molecular weight is 339 g/mol. The van der Waals surface area contributed by atoms with Crippen molar-refractivity contribution in [1.82, 2.24) is 10.3 Å². The van der Waals surface area contributed by atoms with Crippen molar-refractivity contribution in [3.05, 3.63) is 50.1 Å². The van der Waals surface area contributed by atoms with Gasteiger partial charge in [-0.3, -0.25) is 4.98 Å². The van der Waals surface area contributed by atoms with Gasteiger partial charge >= 0.3 is 0 Å². The van der Waals surface area contributed by atoms with E-state index < -0.39 is 0 Å². The van der Waals surface area contributed by atoms with E-state index in [1.54, 1.807) is 22.7 Å². The average Bonchev–Trinajstić information content (AvgIpc) is 2.99. The molecular formula is C13H11BrN2S2. The van der Waals surface area contributed by atoms with Crippen molar-refractivity contribution >= 4 is 48.8 Å². The minimum absolute atomic E-state index is 0.193. The summed E-state index contributed by atoms with van der Waals surface area (Å²) in [5.74, 6) is 0. The molecule has 3 heterocycles. The SMILES string of the molecule is CNC(c1cnc2ccsc2c1)c1sccc1Br. The van der Waals surface area contributed by atoms with Gasteiger partial charge < -0.3 is 5.32 Å². The van der Waals surface area contributed by atoms with E-state index in [0.29, 0.717) is 0 Å². The summed E-state index contributed by atoms with van der Waals surface area (Å²) in [4.78, 5) is 5.80. The van der Waals surface area contributed by atoms with Gasteiger partial charge in [0.15, 0.2) is 0 Å². The molecule has 3 rings (SSSR count). The molecule has 2 nitrogen and oxygen atoms in total. The van der Waals surface area contributed by atoms with Crippen LogP contribution in [0.15, 0.2) is 39.6 Å². The number of nitrogens with one attached hydrogen (secondary N) is 1. The summed E-state index contributed by atoms with van der Waals surface area (Å²) in [5.41, 5.74) is 2.28. The Morgan fingerprint density at radius 3 is 2.83 bits per heavy atom. The third kappa shape index (κ3) is 2.12. The topological polar surface area (TPSA) is 24.9 Å². The summed E-state index contributed by atoms with van der Waals surface area (Å²) >= 11 is 7.08. The molecule has 18 heavy (non-hydrogen) atoms. The molecule has 0 saturated heterocycles. The number of hydrogen-bond donors (Lipinski definition) is 1. The van der Waals surface area contributed by atoms with Gasteiger partial charge in [-0.15, -0.1) is 22.7 Å². The maximum atomic E-state index is 4.51. The van der Waals surface area contributed by atoms with Crippen molar-refractivity contribution in [2.24, 2.45) is 0 Å². The highest BCUT2D eigenvalue weighted by molar-refractivity contribution is 9.10. The van der Waals surface area contributed by atoms with Crippen LogP contribution in [0.1, 0.15) is 16.5 Å². The first-order chi connectivity index (χ1) is 8.79. The molecule has 0 bridgehead atoms. The van der Waals surface area contributed by atoms with Crippen LogP contribution < -0.4 is 5.32 Å². The Kier molecular flexibility index (Phi) is 3.48. The fourth-order valence-corrected chi connectivity index (χ4v) is 4.51. The van der Waals surface area contributed by atoms with Crippen LogP contribution in [0.5, 0.6) is 0 Å². The maximum absolute atomic E-state index is 4.51. The minimum Gasteiger partial charge on any atom is -0.309 e. The molecule has 0 aliphatic carbocycles. The molecule has 3 aromatic rings. The number of fused-ring (bicyclic) bond motifs is 1. The maximum Gasteiger partial charge on any atom is 0.0809 e. The van der Waals surface area contributed by atoms with E-state index in [4.69, 9.17) is 0 Å². The van der Waals surface area contributed by atoms with Crippen LogP contribution in [0.4, 0.5) is 0 Å². The Balaban J connectivity index is 2.08. The van der Waals surface area contributed by atoms with Crippen molar-refractivity contribution in [2.75, 3.05) is 7.05 Å². The van der Waals surface area contributed by atoms with Crippen LogP contribution in [-0.2, 0) is 0 Å². The number of rotatable bonds is 3. The molecule has 92 valence electrons. The molecule has 0 radical (unpaired) electrons. The lowest BCUT2D eigenvalue weighted by molar-refractivity contribution is 0.700. The number of pyridine rings is 1. The molecule has 0 aliphatic rings. The molecule has 0 saturated carbocycles. The second-order valence-corrected chi connectivity index (χ2v) is 6.68. The predicted octanol–water partition coefficient (Wildman–Crippen LogP) is 4.43. The van der Waals surface area contributed by atoms with Crippen molar-refractivity contribution in [1.29, 1.82) is 0 Å². The molecule has 0 aliphatic heterocycles. The fourth-order valence-electron chi connectivity index (χ4n) is 1.98. The molecule has 0 fully saturated rings. The molecule has 0 amide bonds. The van der Waals surface area contributed by atoms with Gasteiger partial charge in [0.2, 0.25) is 0 Å². The van der Waals surface area contributed by atoms with Gasteiger partial charge in [-0.1, -0.05) is 0 Å². The van der Waals surface area contributed by atoms with E-state index in [2.05, 4.69) is 55.2 Å². The Labute approximate surface area is 122 Å². The molecule has 0 aromatic carbocycles. The normalized spacial score (nSPS) is 13.0. The Morgan fingerprint density at radius 2 is 2.11 bits per heavy atom. The number of aromatic nitrogens is 1. The number of thiophene rings is 2.